The number of carboxylic acids is 1. The first kappa shape index (κ1) is 12.6. The van der Waals surface area contributed by atoms with E-state index in [9.17, 15) is 4.79 Å². The van der Waals surface area contributed by atoms with Crippen LogP contribution < -0.4 is 4.74 Å². The number of benzene rings is 1. The molecule has 0 aliphatic rings. The summed E-state index contributed by atoms with van der Waals surface area (Å²) in [7, 11) is 0. The van der Waals surface area contributed by atoms with Gasteiger partial charge in [-0.2, -0.15) is 0 Å². The van der Waals surface area contributed by atoms with Crippen LogP contribution in [0.25, 0.3) is 0 Å². The van der Waals surface area contributed by atoms with Crippen molar-refractivity contribution < 1.29 is 14.6 Å². The van der Waals surface area contributed by atoms with E-state index in [0.717, 1.165) is 17.7 Å². The lowest BCUT2D eigenvalue weighted by molar-refractivity contribution is 0.0699. The van der Waals surface area contributed by atoms with E-state index in [2.05, 4.69) is 6.92 Å². The maximum Gasteiger partial charge on any atom is 0.346 e. The van der Waals surface area contributed by atoms with Crippen LogP contribution in [0.4, 0.5) is 0 Å². The Bertz CT molecular complexity index is 545. The molecule has 0 fully saturated rings. The molecule has 0 aliphatic heterocycles. The molecule has 1 heterocycles. The van der Waals surface area contributed by atoms with Crippen molar-refractivity contribution in [1.82, 2.24) is 0 Å². The maximum absolute atomic E-state index is 10.9. The predicted molar refractivity (Wildman–Crippen MR) is 71.4 cm³/mol. The summed E-state index contributed by atoms with van der Waals surface area (Å²) >= 11 is 1.22. The van der Waals surface area contributed by atoms with Gasteiger partial charge in [0.1, 0.15) is 17.2 Å². The number of carbonyl (C=O) groups is 1. The summed E-state index contributed by atoms with van der Waals surface area (Å²) in [6.45, 7) is 2.37. The van der Waals surface area contributed by atoms with E-state index in [1.807, 2.05) is 24.3 Å². The summed E-state index contributed by atoms with van der Waals surface area (Å²) in [6, 6.07) is 9.64. The Morgan fingerprint density at radius 3 is 2.94 bits per heavy atom. The maximum atomic E-state index is 10.9. The van der Waals surface area contributed by atoms with Gasteiger partial charge in [0.05, 0.1) is 0 Å². The smallest absolute Gasteiger partial charge is 0.346 e. The fourth-order valence-electron chi connectivity index (χ4n) is 1.65. The summed E-state index contributed by atoms with van der Waals surface area (Å²) in [5.41, 5.74) is 1.92. The van der Waals surface area contributed by atoms with Crippen molar-refractivity contribution in [3.05, 3.63) is 51.7 Å². The SMILES string of the molecule is CCc1cccc(OCc2ccsc2C(=O)O)c1. The van der Waals surface area contributed by atoms with Crippen molar-refractivity contribution in [3.8, 4) is 5.75 Å². The van der Waals surface area contributed by atoms with E-state index in [1.54, 1.807) is 11.4 Å². The number of thiophene rings is 1. The van der Waals surface area contributed by atoms with Gasteiger partial charge in [-0.15, -0.1) is 11.3 Å². The van der Waals surface area contributed by atoms with Crippen LogP contribution >= 0.6 is 11.3 Å². The molecule has 0 aliphatic carbocycles. The van der Waals surface area contributed by atoms with Crippen LogP contribution in [-0.2, 0) is 13.0 Å². The Kier molecular flexibility index (Phi) is 3.99. The Morgan fingerprint density at radius 2 is 2.22 bits per heavy atom. The lowest BCUT2D eigenvalue weighted by atomic mass is 10.2. The van der Waals surface area contributed by atoms with Gasteiger partial charge >= 0.3 is 5.97 Å². The van der Waals surface area contributed by atoms with E-state index >= 15 is 0 Å². The molecule has 3 nitrogen and oxygen atoms in total. The molecule has 0 amide bonds. The van der Waals surface area contributed by atoms with Crippen LogP contribution in [0.3, 0.4) is 0 Å². The van der Waals surface area contributed by atoms with Crippen molar-refractivity contribution in [2.45, 2.75) is 20.0 Å². The number of hydrogen-bond acceptors (Lipinski definition) is 3. The minimum atomic E-state index is -0.897. The fourth-order valence-corrected chi connectivity index (χ4v) is 2.40. The molecule has 0 saturated carbocycles. The summed E-state index contributed by atoms with van der Waals surface area (Å²) in [5, 5.41) is 10.8. The second kappa shape index (κ2) is 5.69. The number of hydrogen-bond donors (Lipinski definition) is 1. The van der Waals surface area contributed by atoms with Gasteiger partial charge in [-0.05, 0) is 35.6 Å². The molecule has 0 unspecified atom stereocenters. The summed E-state index contributed by atoms with van der Waals surface area (Å²) in [6.07, 6.45) is 0.954. The fraction of sp³-hybridized carbons (Fsp3) is 0.214. The molecule has 0 saturated heterocycles. The average molecular weight is 262 g/mol. The third-order valence-corrected chi connectivity index (χ3v) is 3.59. The molecular formula is C14H14O3S. The zero-order valence-electron chi connectivity index (χ0n) is 10.1. The molecule has 1 aromatic heterocycles. The molecule has 0 spiro atoms. The van der Waals surface area contributed by atoms with Gasteiger partial charge in [-0.25, -0.2) is 4.79 Å². The van der Waals surface area contributed by atoms with Gasteiger partial charge in [0.25, 0.3) is 0 Å². The second-order valence-corrected chi connectivity index (χ2v) is 4.79. The van der Waals surface area contributed by atoms with Crippen molar-refractivity contribution >= 4 is 17.3 Å². The number of aryl methyl sites for hydroxylation is 1. The van der Waals surface area contributed by atoms with Gasteiger partial charge in [-0.1, -0.05) is 19.1 Å². The monoisotopic (exact) mass is 262 g/mol. The zero-order valence-corrected chi connectivity index (χ0v) is 10.9. The molecule has 2 aromatic rings. The molecule has 0 atom stereocenters. The van der Waals surface area contributed by atoms with E-state index in [-0.39, 0.29) is 6.61 Å². The first-order chi connectivity index (χ1) is 8.70. The minimum absolute atomic E-state index is 0.290. The van der Waals surface area contributed by atoms with Crippen LogP contribution in [-0.4, -0.2) is 11.1 Å². The molecule has 18 heavy (non-hydrogen) atoms. The Morgan fingerprint density at radius 1 is 1.39 bits per heavy atom. The third kappa shape index (κ3) is 2.90. The van der Waals surface area contributed by atoms with Crippen molar-refractivity contribution in [2.24, 2.45) is 0 Å². The third-order valence-electron chi connectivity index (χ3n) is 2.64. The molecule has 4 heteroatoms. The van der Waals surface area contributed by atoms with Gasteiger partial charge in [0.15, 0.2) is 0 Å². The summed E-state index contributed by atoms with van der Waals surface area (Å²) in [4.78, 5) is 11.3. The van der Waals surface area contributed by atoms with E-state index in [1.165, 1.54) is 16.9 Å². The molecule has 1 N–H and O–H groups in total. The van der Waals surface area contributed by atoms with Gasteiger partial charge < -0.3 is 9.84 Å². The molecular weight excluding hydrogens is 248 g/mol. The molecule has 94 valence electrons. The van der Waals surface area contributed by atoms with Crippen molar-refractivity contribution in [1.29, 1.82) is 0 Å². The van der Waals surface area contributed by atoms with Crippen molar-refractivity contribution in [3.63, 3.8) is 0 Å². The largest absolute Gasteiger partial charge is 0.489 e. The van der Waals surface area contributed by atoms with Crippen LogP contribution in [0, 0.1) is 0 Å². The number of aromatic carboxylic acids is 1. The normalized spacial score (nSPS) is 10.3. The minimum Gasteiger partial charge on any atom is -0.489 e. The highest BCUT2D eigenvalue weighted by molar-refractivity contribution is 7.12. The van der Waals surface area contributed by atoms with Crippen molar-refractivity contribution in [2.75, 3.05) is 0 Å². The van der Waals surface area contributed by atoms with Crippen LogP contribution in [0.1, 0.15) is 27.7 Å². The second-order valence-electron chi connectivity index (χ2n) is 3.87. The lowest BCUT2D eigenvalue weighted by Gasteiger charge is -2.07. The van der Waals surface area contributed by atoms with Gasteiger partial charge in [0.2, 0.25) is 0 Å². The van der Waals surface area contributed by atoms with Gasteiger partial charge in [-0.3, -0.25) is 0 Å². The summed E-state index contributed by atoms with van der Waals surface area (Å²) in [5.74, 6) is -0.122. The first-order valence-corrected chi connectivity index (χ1v) is 6.60. The Balaban J connectivity index is 2.06. The highest BCUT2D eigenvalue weighted by atomic mass is 32.1. The lowest BCUT2D eigenvalue weighted by Crippen LogP contribution is -2.01. The van der Waals surface area contributed by atoms with Gasteiger partial charge in [0, 0.05) is 5.56 Å². The standard InChI is InChI=1S/C14H14O3S/c1-2-10-4-3-5-12(8-10)17-9-11-6-7-18-13(11)14(15)16/h3-8H,2,9H2,1H3,(H,15,16). The molecule has 0 radical (unpaired) electrons. The first-order valence-electron chi connectivity index (χ1n) is 5.72. The number of carboxylic acid groups (broad SMARTS) is 1. The van der Waals surface area contributed by atoms with Crippen LogP contribution in [0.2, 0.25) is 0 Å². The highest BCUT2D eigenvalue weighted by Gasteiger charge is 2.11. The zero-order chi connectivity index (χ0) is 13.0. The quantitative estimate of drug-likeness (QED) is 0.895. The van der Waals surface area contributed by atoms with E-state index < -0.39 is 5.97 Å². The predicted octanol–water partition coefficient (Wildman–Crippen LogP) is 3.59. The Labute approximate surface area is 110 Å². The van der Waals surface area contributed by atoms with Crippen LogP contribution in [0.5, 0.6) is 5.75 Å². The Hall–Kier alpha value is -1.81. The highest BCUT2D eigenvalue weighted by Crippen LogP contribution is 2.20. The average Bonchev–Trinajstić information content (AvgIpc) is 2.85. The van der Waals surface area contributed by atoms with Crippen LogP contribution in [0.15, 0.2) is 35.7 Å². The molecule has 2 rings (SSSR count). The van der Waals surface area contributed by atoms with E-state index in [0.29, 0.717) is 4.88 Å². The number of rotatable bonds is 5. The summed E-state index contributed by atoms with van der Waals surface area (Å²) < 4.78 is 5.63. The molecule has 1 aromatic carbocycles. The molecule has 0 bridgehead atoms. The topological polar surface area (TPSA) is 46.5 Å². The van der Waals surface area contributed by atoms with E-state index in [4.69, 9.17) is 9.84 Å². The number of ether oxygens (including phenoxy) is 1.